The monoisotopic (exact) mass is 401 g/mol. The molecule has 0 bridgehead atoms. The molecule has 3 rings (SSSR count). The standard InChI is InChI=1S/C19H23N5O5/c1-23-5-7-24(8-6-23)19(29)17(27)12-10-21-16-11(12)3-2-4-13(16)22-18(28)14(25)9-15(20)26/h2-4,10,14,21,25H,5-9H2,1H3,(H2,20,26)(H,22,28). The van der Waals surface area contributed by atoms with Crippen LogP contribution in [0.25, 0.3) is 10.9 Å². The van der Waals surface area contributed by atoms with Crippen molar-refractivity contribution in [3.05, 3.63) is 30.0 Å². The number of carbonyl (C=O) groups is 4. The molecule has 2 aromatic rings. The lowest BCUT2D eigenvalue weighted by Gasteiger charge is -2.31. The van der Waals surface area contributed by atoms with Crippen molar-refractivity contribution in [2.24, 2.45) is 5.73 Å². The number of carbonyl (C=O) groups excluding carboxylic acids is 4. The maximum atomic E-state index is 12.8. The first kappa shape index (κ1) is 20.5. The summed E-state index contributed by atoms with van der Waals surface area (Å²) < 4.78 is 0. The van der Waals surface area contributed by atoms with Crippen LogP contribution in [0.3, 0.4) is 0 Å². The number of aliphatic hydroxyl groups excluding tert-OH is 1. The summed E-state index contributed by atoms with van der Waals surface area (Å²) >= 11 is 0. The lowest BCUT2D eigenvalue weighted by atomic mass is 10.1. The molecule has 0 spiro atoms. The van der Waals surface area contributed by atoms with E-state index in [-0.39, 0.29) is 5.56 Å². The fourth-order valence-corrected chi connectivity index (χ4v) is 3.21. The van der Waals surface area contributed by atoms with Crippen molar-refractivity contribution in [2.45, 2.75) is 12.5 Å². The van der Waals surface area contributed by atoms with E-state index in [1.54, 1.807) is 18.2 Å². The van der Waals surface area contributed by atoms with E-state index in [4.69, 9.17) is 5.73 Å². The Morgan fingerprint density at radius 1 is 1.21 bits per heavy atom. The van der Waals surface area contributed by atoms with Crippen LogP contribution in [0.15, 0.2) is 24.4 Å². The Bertz CT molecular complexity index is 961. The molecule has 0 aliphatic carbocycles. The molecule has 1 aliphatic heterocycles. The number of rotatable bonds is 6. The van der Waals surface area contributed by atoms with Crippen LogP contribution in [0.4, 0.5) is 5.69 Å². The van der Waals surface area contributed by atoms with Gasteiger partial charge in [-0.1, -0.05) is 12.1 Å². The summed E-state index contributed by atoms with van der Waals surface area (Å²) in [6.07, 6.45) is -0.663. The van der Waals surface area contributed by atoms with Gasteiger partial charge in [0.05, 0.1) is 23.2 Å². The number of primary amides is 1. The quantitative estimate of drug-likeness (QED) is 0.371. The van der Waals surface area contributed by atoms with E-state index in [2.05, 4.69) is 15.2 Å². The summed E-state index contributed by atoms with van der Waals surface area (Å²) in [6, 6.07) is 4.85. The zero-order valence-corrected chi connectivity index (χ0v) is 16.0. The second kappa shape index (κ2) is 8.41. The van der Waals surface area contributed by atoms with Gasteiger partial charge in [-0.2, -0.15) is 0 Å². The van der Waals surface area contributed by atoms with Gasteiger partial charge in [0.15, 0.2) is 0 Å². The lowest BCUT2D eigenvalue weighted by Crippen LogP contribution is -2.49. The van der Waals surface area contributed by atoms with Gasteiger partial charge in [-0.15, -0.1) is 0 Å². The van der Waals surface area contributed by atoms with E-state index in [0.29, 0.717) is 42.8 Å². The molecule has 1 aromatic carbocycles. The molecule has 1 atom stereocenters. The number of hydrogen-bond acceptors (Lipinski definition) is 6. The number of nitrogens with one attached hydrogen (secondary N) is 2. The second-order valence-corrected chi connectivity index (χ2v) is 7.03. The number of nitrogens with zero attached hydrogens (tertiary/aromatic N) is 2. The molecule has 1 fully saturated rings. The van der Waals surface area contributed by atoms with Gasteiger partial charge >= 0.3 is 0 Å². The molecule has 3 amide bonds. The Hall–Kier alpha value is -3.24. The van der Waals surface area contributed by atoms with Gasteiger partial charge in [-0.25, -0.2) is 0 Å². The molecule has 29 heavy (non-hydrogen) atoms. The number of aromatic nitrogens is 1. The predicted molar refractivity (Wildman–Crippen MR) is 105 cm³/mol. The fraction of sp³-hybridized carbons (Fsp3) is 0.368. The van der Waals surface area contributed by atoms with Crippen LogP contribution in [0.5, 0.6) is 0 Å². The molecule has 1 aromatic heterocycles. The second-order valence-electron chi connectivity index (χ2n) is 7.03. The third-order valence-electron chi connectivity index (χ3n) is 4.90. The van der Waals surface area contributed by atoms with Crippen molar-refractivity contribution in [3.63, 3.8) is 0 Å². The number of amides is 3. The number of likely N-dealkylation sites (N-methyl/N-ethyl adjacent to an activating group) is 1. The van der Waals surface area contributed by atoms with E-state index >= 15 is 0 Å². The van der Waals surface area contributed by atoms with Crippen LogP contribution in [0.1, 0.15) is 16.8 Å². The Morgan fingerprint density at radius 2 is 1.90 bits per heavy atom. The number of hydrogen-bond donors (Lipinski definition) is 4. The highest BCUT2D eigenvalue weighted by atomic mass is 16.3. The molecule has 0 saturated carbocycles. The van der Waals surface area contributed by atoms with Crippen LogP contribution in [0.2, 0.25) is 0 Å². The lowest BCUT2D eigenvalue weighted by molar-refractivity contribution is -0.129. The van der Waals surface area contributed by atoms with Crippen molar-refractivity contribution < 1.29 is 24.3 Å². The molecule has 10 nitrogen and oxygen atoms in total. The van der Waals surface area contributed by atoms with Crippen LogP contribution >= 0.6 is 0 Å². The minimum Gasteiger partial charge on any atom is -0.383 e. The summed E-state index contributed by atoms with van der Waals surface area (Å²) in [6.45, 7) is 2.39. The SMILES string of the molecule is CN1CCN(C(=O)C(=O)c2c[nH]c3c(NC(=O)C(O)CC(N)=O)cccc23)CC1. The first-order valence-electron chi connectivity index (χ1n) is 9.17. The molecule has 154 valence electrons. The number of fused-ring (bicyclic) bond motifs is 1. The van der Waals surface area contributed by atoms with E-state index < -0.39 is 36.0 Å². The number of para-hydroxylation sites is 1. The molecular weight excluding hydrogens is 378 g/mol. The molecular formula is C19H23N5O5. The first-order chi connectivity index (χ1) is 13.8. The smallest absolute Gasteiger partial charge is 0.295 e. The van der Waals surface area contributed by atoms with Crippen molar-refractivity contribution in [2.75, 3.05) is 38.5 Å². The molecule has 10 heteroatoms. The number of Topliss-reactive ketones (excluding diaryl/α,β-unsaturated/α-hetero) is 1. The number of benzene rings is 1. The number of ketones is 1. The van der Waals surface area contributed by atoms with Gasteiger partial charge in [0.25, 0.3) is 17.6 Å². The van der Waals surface area contributed by atoms with Crippen molar-refractivity contribution in [1.29, 1.82) is 0 Å². The van der Waals surface area contributed by atoms with E-state index in [1.807, 2.05) is 7.05 Å². The molecule has 1 saturated heterocycles. The highest BCUT2D eigenvalue weighted by Gasteiger charge is 2.28. The van der Waals surface area contributed by atoms with E-state index in [9.17, 15) is 24.3 Å². The van der Waals surface area contributed by atoms with Crippen LogP contribution in [0, 0.1) is 0 Å². The zero-order valence-electron chi connectivity index (χ0n) is 16.0. The van der Waals surface area contributed by atoms with Crippen LogP contribution in [-0.2, 0) is 14.4 Å². The van der Waals surface area contributed by atoms with Gasteiger partial charge in [-0.3, -0.25) is 19.2 Å². The normalized spacial score (nSPS) is 15.9. The van der Waals surface area contributed by atoms with Crippen molar-refractivity contribution in [1.82, 2.24) is 14.8 Å². The minimum absolute atomic E-state index is 0.206. The van der Waals surface area contributed by atoms with Crippen LogP contribution < -0.4 is 11.1 Å². The molecule has 0 radical (unpaired) electrons. The number of aliphatic hydroxyl groups is 1. The van der Waals surface area contributed by atoms with Crippen LogP contribution in [-0.4, -0.2) is 82.7 Å². The predicted octanol–water partition coefficient (Wildman–Crippen LogP) is -0.701. The summed E-state index contributed by atoms with van der Waals surface area (Å²) in [4.78, 5) is 54.8. The molecule has 2 heterocycles. The van der Waals surface area contributed by atoms with Gasteiger partial charge in [0.1, 0.15) is 6.10 Å². The number of piperazine rings is 1. The third-order valence-corrected chi connectivity index (χ3v) is 4.90. The number of H-pyrrole nitrogens is 1. The highest BCUT2D eigenvalue weighted by molar-refractivity contribution is 6.45. The Kier molecular flexibility index (Phi) is 5.95. The summed E-state index contributed by atoms with van der Waals surface area (Å²) in [5.41, 5.74) is 5.93. The third kappa shape index (κ3) is 4.44. The molecule has 1 unspecified atom stereocenters. The number of anilines is 1. The maximum absolute atomic E-state index is 12.8. The Labute approximate surface area is 166 Å². The average Bonchev–Trinajstić information content (AvgIpc) is 3.12. The fourth-order valence-electron chi connectivity index (χ4n) is 3.21. The van der Waals surface area contributed by atoms with Gasteiger partial charge in [-0.05, 0) is 13.1 Å². The average molecular weight is 401 g/mol. The van der Waals surface area contributed by atoms with E-state index in [0.717, 1.165) is 0 Å². The van der Waals surface area contributed by atoms with Crippen molar-refractivity contribution in [3.8, 4) is 0 Å². The molecule has 1 aliphatic rings. The Balaban J connectivity index is 1.80. The largest absolute Gasteiger partial charge is 0.383 e. The summed E-state index contributed by atoms with van der Waals surface area (Å²) in [5.74, 6) is -2.79. The minimum atomic E-state index is -1.59. The maximum Gasteiger partial charge on any atom is 0.295 e. The first-order valence-corrected chi connectivity index (χ1v) is 9.17. The zero-order chi connectivity index (χ0) is 21.1. The van der Waals surface area contributed by atoms with E-state index in [1.165, 1.54) is 11.1 Å². The number of aromatic amines is 1. The topological polar surface area (TPSA) is 149 Å². The van der Waals surface area contributed by atoms with Gasteiger partial charge in [0, 0.05) is 37.8 Å². The van der Waals surface area contributed by atoms with Gasteiger partial charge < -0.3 is 30.9 Å². The highest BCUT2D eigenvalue weighted by Crippen LogP contribution is 2.26. The molecule has 5 N–H and O–H groups in total. The van der Waals surface area contributed by atoms with Gasteiger partial charge in [0.2, 0.25) is 5.91 Å². The summed E-state index contributed by atoms with van der Waals surface area (Å²) in [5, 5.41) is 12.7. The van der Waals surface area contributed by atoms with Crippen molar-refractivity contribution >= 4 is 40.1 Å². The number of nitrogens with two attached hydrogens (primary N) is 1. The summed E-state index contributed by atoms with van der Waals surface area (Å²) in [7, 11) is 1.96. The Morgan fingerprint density at radius 3 is 2.55 bits per heavy atom.